The summed E-state index contributed by atoms with van der Waals surface area (Å²) in [6, 6.07) is 3.86. The molecular weight excluding hydrogens is 374 g/mol. The predicted molar refractivity (Wildman–Crippen MR) is 89.9 cm³/mol. The molecule has 0 aliphatic rings. The van der Waals surface area contributed by atoms with E-state index < -0.39 is 23.6 Å². The van der Waals surface area contributed by atoms with Crippen LogP contribution < -0.4 is 10.6 Å². The standard InChI is InChI=1S/C17H18F6N4/c1-4-10(3)24-15-26-13(17(21,22)23)8-14(27-15)25-11-6-5-9(2)12(7-11)16(18,19)20/h5-8,10H,4H2,1-3H3,(H2,24,25,26,27)/t10-/m0/s1. The van der Waals surface area contributed by atoms with Crippen LogP contribution >= 0.6 is 0 Å². The number of alkyl halides is 6. The average Bonchev–Trinajstić information content (AvgIpc) is 2.54. The van der Waals surface area contributed by atoms with Crippen molar-refractivity contribution < 1.29 is 26.3 Å². The van der Waals surface area contributed by atoms with Crippen LogP contribution in [0.4, 0.5) is 43.8 Å². The number of aromatic nitrogens is 2. The molecule has 1 aromatic carbocycles. The van der Waals surface area contributed by atoms with Crippen LogP contribution in [-0.4, -0.2) is 16.0 Å². The van der Waals surface area contributed by atoms with Crippen molar-refractivity contribution in [1.82, 2.24) is 9.97 Å². The highest BCUT2D eigenvalue weighted by molar-refractivity contribution is 5.60. The van der Waals surface area contributed by atoms with E-state index in [1.165, 1.54) is 19.1 Å². The number of nitrogens with one attached hydrogen (secondary N) is 2. The maximum atomic E-state index is 13.1. The van der Waals surface area contributed by atoms with Crippen molar-refractivity contribution in [1.29, 1.82) is 0 Å². The molecule has 2 N–H and O–H groups in total. The largest absolute Gasteiger partial charge is 0.433 e. The van der Waals surface area contributed by atoms with Gasteiger partial charge in [0.05, 0.1) is 5.56 Å². The number of rotatable bonds is 5. The highest BCUT2D eigenvalue weighted by Gasteiger charge is 2.34. The molecule has 0 saturated heterocycles. The van der Waals surface area contributed by atoms with Crippen LogP contribution in [0.15, 0.2) is 24.3 Å². The molecule has 0 fully saturated rings. The Morgan fingerprint density at radius 3 is 2.22 bits per heavy atom. The zero-order chi connectivity index (χ0) is 20.4. The molecule has 4 nitrogen and oxygen atoms in total. The number of hydrogen-bond acceptors (Lipinski definition) is 4. The monoisotopic (exact) mass is 392 g/mol. The van der Waals surface area contributed by atoms with Gasteiger partial charge in [-0.1, -0.05) is 13.0 Å². The minimum atomic E-state index is -4.73. The van der Waals surface area contributed by atoms with E-state index in [9.17, 15) is 26.3 Å². The smallest absolute Gasteiger partial charge is 0.352 e. The zero-order valence-corrected chi connectivity index (χ0v) is 14.8. The van der Waals surface area contributed by atoms with Crippen molar-refractivity contribution >= 4 is 17.5 Å². The summed E-state index contributed by atoms with van der Waals surface area (Å²) in [6.07, 6.45) is -8.68. The molecule has 2 rings (SSSR count). The fraction of sp³-hybridized carbons (Fsp3) is 0.412. The normalized spacial score (nSPS) is 13.4. The molecule has 0 amide bonds. The Morgan fingerprint density at radius 2 is 1.67 bits per heavy atom. The van der Waals surface area contributed by atoms with Gasteiger partial charge >= 0.3 is 12.4 Å². The summed E-state index contributed by atoms with van der Waals surface area (Å²) in [7, 11) is 0. The first-order valence-corrected chi connectivity index (χ1v) is 8.08. The Bertz CT molecular complexity index is 801. The Balaban J connectivity index is 2.42. The number of aryl methyl sites for hydroxylation is 1. The first kappa shape index (κ1) is 20.8. The van der Waals surface area contributed by atoms with Crippen molar-refractivity contribution in [3.8, 4) is 0 Å². The number of anilines is 3. The van der Waals surface area contributed by atoms with Crippen molar-refractivity contribution in [2.45, 2.75) is 45.6 Å². The number of benzene rings is 1. The highest BCUT2D eigenvalue weighted by Crippen LogP contribution is 2.35. The van der Waals surface area contributed by atoms with Crippen LogP contribution in [0.1, 0.15) is 37.1 Å². The van der Waals surface area contributed by atoms with Gasteiger partial charge in [0.1, 0.15) is 5.82 Å². The second kappa shape index (κ2) is 7.61. The topological polar surface area (TPSA) is 49.8 Å². The van der Waals surface area contributed by atoms with Crippen LogP contribution in [0, 0.1) is 6.92 Å². The average molecular weight is 392 g/mol. The lowest BCUT2D eigenvalue weighted by Gasteiger charge is -2.16. The second-order valence-corrected chi connectivity index (χ2v) is 6.07. The summed E-state index contributed by atoms with van der Waals surface area (Å²) in [6.45, 7) is 4.87. The third kappa shape index (κ3) is 5.48. The Labute approximate surface area is 152 Å². The minimum absolute atomic E-state index is 0.00541. The maximum Gasteiger partial charge on any atom is 0.433 e. The van der Waals surface area contributed by atoms with Crippen LogP contribution in [0.2, 0.25) is 0 Å². The summed E-state index contributed by atoms with van der Waals surface area (Å²) in [5.74, 6) is -0.523. The molecule has 0 bridgehead atoms. The summed E-state index contributed by atoms with van der Waals surface area (Å²) in [4.78, 5) is 7.37. The van der Waals surface area contributed by atoms with E-state index >= 15 is 0 Å². The summed E-state index contributed by atoms with van der Waals surface area (Å²) in [5.41, 5.74) is -2.11. The molecule has 1 aromatic heterocycles. The van der Waals surface area contributed by atoms with E-state index in [-0.39, 0.29) is 29.1 Å². The van der Waals surface area contributed by atoms with Crippen molar-refractivity contribution in [2.75, 3.05) is 10.6 Å². The van der Waals surface area contributed by atoms with E-state index in [1.54, 1.807) is 6.92 Å². The molecule has 1 heterocycles. The highest BCUT2D eigenvalue weighted by atomic mass is 19.4. The van der Waals surface area contributed by atoms with Gasteiger partial charge in [0.25, 0.3) is 0 Å². The number of nitrogens with zero attached hydrogens (tertiary/aromatic N) is 2. The van der Waals surface area contributed by atoms with E-state index in [4.69, 9.17) is 0 Å². The van der Waals surface area contributed by atoms with Crippen LogP contribution in [-0.2, 0) is 12.4 Å². The lowest BCUT2D eigenvalue weighted by atomic mass is 10.1. The molecule has 0 aliphatic carbocycles. The van der Waals surface area contributed by atoms with Crippen LogP contribution in [0.3, 0.4) is 0 Å². The Kier molecular flexibility index (Phi) is 5.86. The first-order chi connectivity index (χ1) is 12.4. The molecule has 0 aliphatic heterocycles. The zero-order valence-electron chi connectivity index (χ0n) is 14.8. The van der Waals surface area contributed by atoms with Gasteiger partial charge in [0.15, 0.2) is 5.69 Å². The summed E-state index contributed by atoms with van der Waals surface area (Å²) < 4.78 is 78.3. The van der Waals surface area contributed by atoms with E-state index in [1.807, 2.05) is 6.92 Å². The lowest BCUT2D eigenvalue weighted by Crippen LogP contribution is -2.18. The van der Waals surface area contributed by atoms with Crippen LogP contribution in [0.25, 0.3) is 0 Å². The van der Waals surface area contributed by atoms with Crippen molar-refractivity contribution in [2.24, 2.45) is 0 Å². The van der Waals surface area contributed by atoms with E-state index in [2.05, 4.69) is 20.6 Å². The fourth-order valence-electron chi connectivity index (χ4n) is 2.20. The van der Waals surface area contributed by atoms with Gasteiger partial charge in [-0.15, -0.1) is 0 Å². The van der Waals surface area contributed by atoms with Crippen molar-refractivity contribution in [3.05, 3.63) is 41.1 Å². The molecule has 0 saturated carbocycles. The van der Waals surface area contributed by atoms with Gasteiger partial charge in [-0.05, 0) is 38.0 Å². The molecule has 0 radical (unpaired) electrons. The van der Waals surface area contributed by atoms with Gasteiger partial charge in [0, 0.05) is 17.8 Å². The van der Waals surface area contributed by atoms with Gasteiger partial charge in [-0.3, -0.25) is 0 Å². The Morgan fingerprint density at radius 1 is 1.00 bits per heavy atom. The SMILES string of the molecule is CC[C@H](C)Nc1nc(Nc2ccc(C)c(C(F)(F)F)c2)cc(C(F)(F)F)n1. The molecule has 27 heavy (non-hydrogen) atoms. The van der Waals surface area contributed by atoms with Crippen LogP contribution in [0.5, 0.6) is 0 Å². The second-order valence-electron chi connectivity index (χ2n) is 6.07. The quantitative estimate of drug-likeness (QED) is 0.634. The van der Waals surface area contributed by atoms with Gasteiger partial charge in [-0.25, -0.2) is 4.98 Å². The predicted octanol–water partition coefficient (Wildman–Crippen LogP) is 5.78. The summed E-state index contributed by atoms with van der Waals surface area (Å²) in [5, 5.41) is 5.23. The molecule has 2 aromatic rings. The van der Waals surface area contributed by atoms with Crippen molar-refractivity contribution in [3.63, 3.8) is 0 Å². The number of halogens is 6. The van der Waals surface area contributed by atoms with E-state index in [0.717, 1.165) is 6.07 Å². The molecule has 0 spiro atoms. The van der Waals surface area contributed by atoms with Gasteiger partial charge in [-0.2, -0.15) is 31.3 Å². The maximum absolute atomic E-state index is 13.1. The molecule has 10 heteroatoms. The lowest BCUT2D eigenvalue weighted by molar-refractivity contribution is -0.141. The number of hydrogen-bond donors (Lipinski definition) is 2. The van der Waals surface area contributed by atoms with E-state index in [0.29, 0.717) is 12.5 Å². The molecule has 148 valence electrons. The van der Waals surface area contributed by atoms with Gasteiger partial charge in [0.2, 0.25) is 5.95 Å². The first-order valence-electron chi connectivity index (χ1n) is 8.08. The van der Waals surface area contributed by atoms with Gasteiger partial charge < -0.3 is 10.6 Å². The molecule has 1 atom stereocenters. The minimum Gasteiger partial charge on any atom is -0.352 e. The summed E-state index contributed by atoms with van der Waals surface area (Å²) >= 11 is 0. The fourth-order valence-corrected chi connectivity index (χ4v) is 2.20. The third-order valence-corrected chi connectivity index (χ3v) is 3.82. The Hall–Kier alpha value is -2.52. The molecule has 0 unspecified atom stereocenters. The third-order valence-electron chi connectivity index (χ3n) is 3.82. The molecular formula is C17H18F6N4.